The molecule has 28 heavy (non-hydrogen) atoms. The van der Waals surface area contributed by atoms with Crippen LogP contribution in [0.25, 0.3) is 33.1 Å². The molecule has 2 aromatic carbocycles. The second-order valence-electron chi connectivity index (χ2n) is 6.38. The molecule has 0 radical (unpaired) electrons. The van der Waals surface area contributed by atoms with Gasteiger partial charge in [0.2, 0.25) is 0 Å². The van der Waals surface area contributed by atoms with Gasteiger partial charge in [0.1, 0.15) is 16.9 Å². The van der Waals surface area contributed by atoms with E-state index in [0.29, 0.717) is 16.5 Å². The van der Waals surface area contributed by atoms with Crippen LogP contribution in [0, 0.1) is 0 Å². The number of carbonyl (C=O) groups excluding carboxylic acids is 1. The second-order valence-corrected chi connectivity index (χ2v) is 6.38. The van der Waals surface area contributed by atoms with Crippen LogP contribution in [0.3, 0.4) is 0 Å². The van der Waals surface area contributed by atoms with Crippen molar-refractivity contribution in [3.05, 3.63) is 75.4 Å². The molecule has 0 N–H and O–H groups in total. The zero-order valence-electron chi connectivity index (χ0n) is 15.1. The van der Waals surface area contributed by atoms with Crippen LogP contribution in [0.15, 0.2) is 73.0 Å². The smallest absolute Gasteiger partial charge is 0.414 e. The van der Waals surface area contributed by atoms with E-state index in [9.17, 15) is 14.4 Å². The van der Waals surface area contributed by atoms with Crippen molar-refractivity contribution in [1.82, 2.24) is 4.90 Å². The fourth-order valence-electron chi connectivity index (χ4n) is 2.87. The van der Waals surface area contributed by atoms with Crippen molar-refractivity contribution < 1.29 is 18.4 Å². The SMILES string of the molecule is CN(C)C(=O)Oc1ccc2c(-c3cc4ccccc4oc3=O)cc(=O)oc2c1. The van der Waals surface area contributed by atoms with Gasteiger partial charge >= 0.3 is 17.3 Å². The summed E-state index contributed by atoms with van der Waals surface area (Å²) < 4.78 is 15.8. The molecule has 4 rings (SSSR count). The molecule has 2 aromatic heterocycles. The molecule has 2 heterocycles. The van der Waals surface area contributed by atoms with Crippen molar-refractivity contribution in [1.29, 1.82) is 0 Å². The van der Waals surface area contributed by atoms with Gasteiger partial charge in [0.25, 0.3) is 0 Å². The minimum absolute atomic E-state index is 0.194. The number of ether oxygens (including phenoxy) is 1. The number of hydrogen-bond acceptors (Lipinski definition) is 6. The summed E-state index contributed by atoms with van der Waals surface area (Å²) in [5.74, 6) is 0.219. The highest BCUT2D eigenvalue weighted by molar-refractivity contribution is 5.95. The zero-order chi connectivity index (χ0) is 19.8. The van der Waals surface area contributed by atoms with Crippen LogP contribution in [0.4, 0.5) is 4.79 Å². The Kier molecular flexibility index (Phi) is 4.19. The molecule has 0 fully saturated rings. The van der Waals surface area contributed by atoms with Gasteiger partial charge in [-0.15, -0.1) is 0 Å². The minimum Gasteiger partial charge on any atom is -0.423 e. The Hall–Kier alpha value is -3.87. The first-order valence-corrected chi connectivity index (χ1v) is 8.43. The molecule has 0 aliphatic rings. The van der Waals surface area contributed by atoms with Gasteiger partial charge < -0.3 is 18.5 Å². The second kappa shape index (κ2) is 6.70. The molecule has 0 bridgehead atoms. The molecule has 140 valence electrons. The predicted molar refractivity (Wildman–Crippen MR) is 104 cm³/mol. The van der Waals surface area contributed by atoms with E-state index in [1.165, 1.54) is 17.0 Å². The van der Waals surface area contributed by atoms with Gasteiger partial charge in [-0.25, -0.2) is 14.4 Å². The first kappa shape index (κ1) is 17.5. The van der Waals surface area contributed by atoms with Crippen molar-refractivity contribution in [3.8, 4) is 16.9 Å². The van der Waals surface area contributed by atoms with Crippen LogP contribution in [0.1, 0.15) is 0 Å². The molecule has 4 aromatic rings. The molecule has 7 nitrogen and oxygen atoms in total. The summed E-state index contributed by atoms with van der Waals surface area (Å²) >= 11 is 0. The summed E-state index contributed by atoms with van der Waals surface area (Å²) in [6, 6.07) is 14.7. The maximum absolute atomic E-state index is 12.5. The number of amides is 1. The van der Waals surface area contributed by atoms with E-state index in [-0.39, 0.29) is 16.9 Å². The van der Waals surface area contributed by atoms with Gasteiger partial charge in [-0.3, -0.25) is 0 Å². The van der Waals surface area contributed by atoms with E-state index in [4.69, 9.17) is 13.6 Å². The van der Waals surface area contributed by atoms with Gasteiger partial charge in [0.05, 0.1) is 5.56 Å². The highest BCUT2D eigenvalue weighted by atomic mass is 16.6. The van der Waals surface area contributed by atoms with Crippen LogP contribution in [-0.2, 0) is 0 Å². The van der Waals surface area contributed by atoms with Gasteiger partial charge in [-0.05, 0) is 24.3 Å². The van der Waals surface area contributed by atoms with Crippen molar-refractivity contribution in [2.75, 3.05) is 14.1 Å². The minimum atomic E-state index is -0.633. The molecule has 0 saturated carbocycles. The fourth-order valence-corrected chi connectivity index (χ4v) is 2.87. The summed E-state index contributed by atoms with van der Waals surface area (Å²) in [6.45, 7) is 0. The lowest BCUT2D eigenvalue weighted by Gasteiger charge is -2.11. The van der Waals surface area contributed by atoms with Crippen molar-refractivity contribution in [2.45, 2.75) is 0 Å². The molecule has 0 aliphatic carbocycles. The number of nitrogens with zero attached hydrogens (tertiary/aromatic N) is 1. The van der Waals surface area contributed by atoms with E-state index in [2.05, 4.69) is 0 Å². The number of rotatable bonds is 2. The molecule has 1 amide bonds. The van der Waals surface area contributed by atoms with E-state index >= 15 is 0 Å². The maximum atomic E-state index is 12.5. The highest BCUT2D eigenvalue weighted by Gasteiger charge is 2.15. The fraction of sp³-hybridized carbons (Fsp3) is 0.0952. The summed E-state index contributed by atoms with van der Waals surface area (Å²) in [4.78, 5) is 37.6. The average Bonchev–Trinajstić information content (AvgIpc) is 2.66. The Bertz CT molecular complexity index is 1330. The molecule has 0 atom stereocenters. The van der Waals surface area contributed by atoms with Gasteiger partial charge in [-0.2, -0.15) is 0 Å². The Morgan fingerprint density at radius 1 is 0.893 bits per heavy atom. The average molecular weight is 377 g/mol. The topological polar surface area (TPSA) is 90.0 Å². The summed E-state index contributed by atoms with van der Waals surface area (Å²) in [5.41, 5.74) is 0.0891. The first-order chi connectivity index (χ1) is 13.4. The monoisotopic (exact) mass is 377 g/mol. The molecular weight excluding hydrogens is 362 g/mol. The van der Waals surface area contributed by atoms with Crippen LogP contribution in [-0.4, -0.2) is 25.1 Å². The van der Waals surface area contributed by atoms with Gasteiger partial charge in [-0.1, -0.05) is 18.2 Å². The van der Waals surface area contributed by atoms with E-state index < -0.39 is 17.3 Å². The van der Waals surface area contributed by atoms with E-state index in [1.807, 2.05) is 12.1 Å². The lowest BCUT2D eigenvalue weighted by Crippen LogP contribution is -2.25. The summed E-state index contributed by atoms with van der Waals surface area (Å²) in [5, 5.41) is 1.25. The van der Waals surface area contributed by atoms with Crippen molar-refractivity contribution in [3.63, 3.8) is 0 Å². The number of fused-ring (bicyclic) bond motifs is 2. The van der Waals surface area contributed by atoms with Gasteiger partial charge in [0.15, 0.2) is 0 Å². The normalized spacial score (nSPS) is 10.9. The highest BCUT2D eigenvalue weighted by Crippen LogP contribution is 2.29. The van der Waals surface area contributed by atoms with Crippen molar-refractivity contribution >= 4 is 28.0 Å². The molecule has 0 aliphatic heterocycles. The van der Waals surface area contributed by atoms with Crippen LogP contribution < -0.4 is 16.0 Å². The van der Waals surface area contributed by atoms with Gasteiger partial charge in [0, 0.05) is 42.6 Å². The van der Waals surface area contributed by atoms with E-state index in [1.54, 1.807) is 44.4 Å². The van der Waals surface area contributed by atoms with Crippen LogP contribution >= 0.6 is 0 Å². The van der Waals surface area contributed by atoms with Crippen LogP contribution in [0.2, 0.25) is 0 Å². The molecule has 0 unspecified atom stereocenters. The summed E-state index contributed by atoms with van der Waals surface area (Å²) in [6.07, 6.45) is -0.562. The zero-order valence-corrected chi connectivity index (χ0v) is 15.1. The number of para-hydroxylation sites is 1. The third-order valence-electron chi connectivity index (χ3n) is 4.22. The first-order valence-electron chi connectivity index (χ1n) is 8.43. The Morgan fingerprint density at radius 3 is 2.46 bits per heavy atom. The lowest BCUT2D eigenvalue weighted by molar-refractivity contribution is 0.172. The number of carbonyl (C=O) groups is 1. The standard InChI is InChI=1S/C21H15NO6/c1-22(2)21(25)26-13-7-8-14-15(11-19(23)27-18(14)10-13)16-9-12-5-3-4-6-17(12)28-20(16)24/h3-11H,1-2H3. The lowest BCUT2D eigenvalue weighted by atomic mass is 10.0. The molecule has 7 heteroatoms. The third-order valence-corrected chi connectivity index (χ3v) is 4.22. The quantitative estimate of drug-likeness (QED) is 0.496. The predicted octanol–water partition coefficient (Wildman–Crippen LogP) is 3.63. The number of hydrogen-bond donors (Lipinski definition) is 0. The molecular formula is C21H15NO6. The Morgan fingerprint density at radius 2 is 1.68 bits per heavy atom. The summed E-state index contributed by atoms with van der Waals surface area (Å²) in [7, 11) is 3.11. The Labute approximate surface area is 158 Å². The molecule has 0 saturated heterocycles. The van der Waals surface area contributed by atoms with E-state index in [0.717, 1.165) is 5.39 Å². The largest absolute Gasteiger partial charge is 0.423 e. The third kappa shape index (κ3) is 3.14. The Balaban J connectivity index is 1.90. The molecule has 0 spiro atoms. The van der Waals surface area contributed by atoms with Crippen molar-refractivity contribution in [2.24, 2.45) is 0 Å². The van der Waals surface area contributed by atoms with Crippen LogP contribution in [0.5, 0.6) is 5.75 Å². The maximum Gasteiger partial charge on any atom is 0.414 e. The number of benzene rings is 2.